The average molecular weight is 459 g/mol. The van der Waals surface area contributed by atoms with Crippen molar-refractivity contribution in [1.82, 2.24) is 9.80 Å². The summed E-state index contributed by atoms with van der Waals surface area (Å²) in [5.74, 6) is 2.96. The highest BCUT2D eigenvalue weighted by atomic mass is 16.3. The zero-order valence-electron chi connectivity index (χ0n) is 21.5. The number of aliphatic hydroxyl groups excluding tert-OH is 1. The summed E-state index contributed by atoms with van der Waals surface area (Å²) in [5.41, 5.74) is -0.108. The fourth-order valence-electron chi connectivity index (χ4n) is 10.5. The Bertz CT molecular complexity index is 718. The molecule has 6 aliphatic rings. The number of hydrogen-bond acceptors (Lipinski definition) is 4. The van der Waals surface area contributed by atoms with Crippen LogP contribution in [0, 0.1) is 34.5 Å². The summed E-state index contributed by atoms with van der Waals surface area (Å²) in [5, 5.41) is 23.4. The molecule has 0 spiro atoms. The topological polar surface area (TPSA) is 46.9 Å². The van der Waals surface area contributed by atoms with Crippen molar-refractivity contribution >= 4 is 0 Å². The summed E-state index contributed by atoms with van der Waals surface area (Å²) in [6, 6.07) is 0.304. The lowest BCUT2D eigenvalue weighted by atomic mass is 9.44. The molecular formula is C29H50N2O2. The van der Waals surface area contributed by atoms with Gasteiger partial charge in [-0.25, -0.2) is 0 Å². The van der Waals surface area contributed by atoms with Gasteiger partial charge in [0.25, 0.3) is 0 Å². The molecular weight excluding hydrogens is 408 g/mol. The third kappa shape index (κ3) is 3.51. The molecule has 1 unspecified atom stereocenters. The number of likely N-dealkylation sites (tertiary alicyclic amines) is 2. The van der Waals surface area contributed by atoms with E-state index in [1.165, 1.54) is 90.1 Å². The molecule has 2 aliphatic heterocycles. The van der Waals surface area contributed by atoms with Crippen molar-refractivity contribution in [3.05, 3.63) is 0 Å². The fraction of sp³-hybridized carbons (Fsp3) is 1.00. The van der Waals surface area contributed by atoms with Gasteiger partial charge in [0.05, 0.1) is 12.1 Å². The molecule has 0 aromatic carbocycles. The lowest BCUT2D eigenvalue weighted by Gasteiger charge is -2.65. The van der Waals surface area contributed by atoms with Gasteiger partial charge < -0.3 is 10.2 Å². The van der Waals surface area contributed by atoms with Crippen LogP contribution in [-0.4, -0.2) is 64.1 Å². The summed E-state index contributed by atoms with van der Waals surface area (Å²) in [6.07, 6.45) is 17.3. The van der Waals surface area contributed by atoms with Crippen LogP contribution in [0.3, 0.4) is 0 Å². The molecule has 2 N–H and O–H groups in total. The molecule has 2 heterocycles. The lowest BCUT2D eigenvalue weighted by molar-refractivity contribution is -0.240. The van der Waals surface area contributed by atoms with E-state index in [-0.39, 0.29) is 11.5 Å². The first-order chi connectivity index (χ1) is 15.9. The zero-order chi connectivity index (χ0) is 22.8. The van der Waals surface area contributed by atoms with Gasteiger partial charge in [-0.3, -0.25) is 9.80 Å². The summed E-state index contributed by atoms with van der Waals surface area (Å²) in [7, 11) is 0. The minimum absolute atomic E-state index is 0.0781. The van der Waals surface area contributed by atoms with Crippen LogP contribution in [0.5, 0.6) is 0 Å². The molecule has 6 fully saturated rings. The maximum atomic E-state index is 12.5. The first-order valence-electron chi connectivity index (χ1n) is 14.8. The molecule has 4 aliphatic carbocycles. The van der Waals surface area contributed by atoms with Crippen LogP contribution in [0.15, 0.2) is 0 Å². The van der Waals surface area contributed by atoms with Gasteiger partial charge in [-0.05, 0) is 125 Å². The second-order valence-corrected chi connectivity index (χ2v) is 13.7. The molecule has 0 radical (unpaired) electrons. The number of hydrogen-bond donors (Lipinski definition) is 2. The highest BCUT2D eigenvalue weighted by Gasteiger charge is 2.64. The molecule has 0 aromatic heterocycles. The van der Waals surface area contributed by atoms with Gasteiger partial charge in [-0.1, -0.05) is 26.7 Å². The van der Waals surface area contributed by atoms with Gasteiger partial charge in [0.15, 0.2) is 0 Å². The van der Waals surface area contributed by atoms with Gasteiger partial charge in [-0.2, -0.15) is 0 Å². The minimum atomic E-state index is -0.624. The third-order valence-corrected chi connectivity index (χ3v) is 12.5. The van der Waals surface area contributed by atoms with Crippen molar-refractivity contribution in [3.63, 3.8) is 0 Å². The van der Waals surface area contributed by atoms with Crippen molar-refractivity contribution < 1.29 is 10.2 Å². The largest absolute Gasteiger partial charge is 0.393 e. The Hall–Kier alpha value is -0.160. The van der Waals surface area contributed by atoms with E-state index in [9.17, 15) is 10.2 Å². The maximum absolute atomic E-state index is 12.5. The molecule has 188 valence electrons. The van der Waals surface area contributed by atoms with Gasteiger partial charge in [0.2, 0.25) is 0 Å². The van der Waals surface area contributed by atoms with E-state index in [0.717, 1.165) is 43.7 Å². The van der Waals surface area contributed by atoms with Crippen molar-refractivity contribution in [2.75, 3.05) is 26.2 Å². The predicted octanol–water partition coefficient (Wildman–Crippen LogP) is 5.03. The maximum Gasteiger partial charge on any atom is 0.134 e. The quantitative estimate of drug-likeness (QED) is 0.609. The van der Waals surface area contributed by atoms with Crippen molar-refractivity contribution in [2.24, 2.45) is 34.5 Å². The van der Waals surface area contributed by atoms with Crippen LogP contribution in [0.4, 0.5) is 0 Å². The van der Waals surface area contributed by atoms with Gasteiger partial charge in [0, 0.05) is 13.1 Å². The first kappa shape index (κ1) is 23.3. The molecule has 33 heavy (non-hydrogen) atoms. The van der Waals surface area contributed by atoms with E-state index < -0.39 is 5.72 Å². The Morgan fingerprint density at radius 2 is 1.36 bits per heavy atom. The second kappa shape index (κ2) is 8.46. The van der Waals surface area contributed by atoms with Crippen LogP contribution in [0.2, 0.25) is 0 Å². The smallest absolute Gasteiger partial charge is 0.134 e. The molecule has 6 rings (SSSR count). The van der Waals surface area contributed by atoms with Crippen LogP contribution in [-0.2, 0) is 0 Å². The monoisotopic (exact) mass is 458 g/mol. The Morgan fingerprint density at radius 1 is 0.697 bits per heavy atom. The summed E-state index contributed by atoms with van der Waals surface area (Å²) < 4.78 is 0. The van der Waals surface area contributed by atoms with E-state index in [2.05, 4.69) is 23.6 Å². The summed E-state index contributed by atoms with van der Waals surface area (Å²) in [4.78, 5) is 5.27. The van der Waals surface area contributed by atoms with Crippen LogP contribution < -0.4 is 0 Å². The molecule has 4 heteroatoms. The highest BCUT2D eigenvalue weighted by Crippen LogP contribution is 2.67. The molecule has 9 atom stereocenters. The zero-order valence-corrected chi connectivity index (χ0v) is 21.5. The molecule has 0 aromatic rings. The number of piperidine rings is 2. The standard InChI is InChI=1S/C29H50N2O2/c1-27-14-13-24-22(23(27)11-12-26(27)32)10-9-21-19-29(33,31-17-7-4-8-18-31)25(20-28(21,24)2)30-15-5-3-6-16-30/h21-26,32-33H,3-20H2,1-2H3/t21-,22-,23-,24-,25?,26-,27-,28-,29-/m0/s1. The van der Waals surface area contributed by atoms with E-state index in [1.54, 1.807) is 0 Å². The first-order valence-corrected chi connectivity index (χ1v) is 14.8. The van der Waals surface area contributed by atoms with Crippen LogP contribution >= 0.6 is 0 Å². The third-order valence-electron chi connectivity index (χ3n) is 12.5. The fourth-order valence-corrected chi connectivity index (χ4v) is 10.5. The van der Waals surface area contributed by atoms with Crippen molar-refractivity contribution in [1.29, 1.82) is 0 Å². The second-order valence-electron chi connectivity index (χ2n) is 13.7. The van der Waals surface area contributed by atoms with Gasteiger partial charge >= 0.3 is 0 Å². The SMILES string of the molecule is C[C@]12CC(N3CCCCC3)[C@](O)(N3CCCCC3)C[C@@H]1CC[C@@H]1[C@@H]2CC[C@]2(C)[C@@H](O)CC[C@@H]12. The predicted molar refractivity (Wildman–Crippen MR) is 133 cm³/mol. The lowest BCUT2D eigenvalue weighted by Crippen LogP contribution is -2.70. The number of nitrogens with zero attached hydrogens (tertiary/aromatic N) is 2. The number of aliphatic hydroxyl groups is 2. The van der Waals surface area contributed by atoms with Gasteiger partial charge in [-0.15, -0.1) is 0 Å². The Morgan fingerprint density at radius 3 is 2.09 bits per heavy atom. The van der Waals surface area contributed by atoms with E-state index in [4.69, 9.17) is 0 Å². The van der Waals surface area contributed by atoms with E-state index in [0.29, 0.717) is 17.4 Å². The molecule has 4 nitrogen and oxygen atoms in total. The van der Waals surface area contributed by atoms with Crippen molar-refractivity contribution in [2.45, 2.75) is 122 Å². The van der Waals surface area contributed by atoms with E-state index >= 15 is 0 Å². The van der Waals surface area contributed by atoms with Crippen LogP contribution in [0.1, 0.15) is 104 Å². The summed E-state index contributed by atoms with van der Waals surface area (Å²) >= 11 is 0. The van der Waals surface area contributed by atoms with Crippen LogP contribution in [0.25, 0.3) is 0 Å². The Kier molecular flexibility index (Phi) is 5.96. The molecule has 2 saturated heterocycles. The highest BCUT2D eigenvalue weighted by molar-refractivity contribution is 5.14. The van der Waals surface area contributed by atoms with Crippen molar-refractivity contribution in [3.8, 4) is 0 Å². The average Bonchev–Trinajstić information content (AvgIpc) is 3.15. The van der Waals surface area contributed by atoms with E-state index in [1.807, 2.05) is 0 Å². The molecule has 4 saturated carbocycles. The molecule has 0 bridgehead atoms. The Labute approximate surface area is 202 Å². The number of rotatable bonds is 2. The Balaban J connectivity index is 1.32. The number of fused-ring (bicyclic) bond motifs is 5. The molecule has 0 amide bonds. The van der Waals surface area contributed by atoms with Gasteiger partial charge in [0.1, 0.15) is 5.72 Å². The summed E-state index contributed by atoms with van der Waals surface area (Å²) in [6.45, 7) is 9.61. The normalized spacial score (nSPS) is 53.8. The minimum Gasteiger partial charge on any atom is -0.393 e.